The molecule has 0 radical (unpaired) electrons. The van der Waals surface area contributed by atoms with E-state index in [2.05, 4.69) is 5.32 Å². The van der Waals surface area contributed by atoms with Crippen LogP contribution in [0.4, 0.5) is 0 Å². The van der Waals surface area contributed by atoms with Crippen molar-refractivity contribution in [3.05, 3.63) is 59.5 Å². The number of hydrogen-bond acceptors (Lipinski definition) is 4. The van der Waals surface area contributed by atoms with E-state index < -0.39 is 17.8 Å². The van der Waals surface area contributed by atoms with Crippen molar-refractivity contribution < 1.29 is 23.9 Å². The van der Waals surface area contributed by atoms with E-state index in [4.69, 9.17) is 4.42 Å². The first-order valence-electron chi connectivity index (χ1n) is 9.28. The smallest absolute Gasteiger partial charge is 0.308 e. The highest BCUT2D eigenvalue weighted by atomic mass is 16.4. The molecular formula is C21H24N2O5. The Morgan fingerprint density at radius 1 is 1.32 bits per heavy atom. The number of rotatable bonds is 8. The molecule has 0 spiro atoms. The van der Waals surface area contributed by atoms with Gasteiger partial charge in [0.2, 0.25) is 11.8 Å². The van der Waals surface area contributed by atoms with Crippen LogP contribution in [0.5, 0.6) is 0 Å². The molecule has 0 unspecified atom stereocenters. The average molecular weight is 384 g/mol. The van der Waals surface area contributed by atoms with Crippen LogP contribution in [0.15, 0.2) is 47.1 Å². The van der Waals surface area contributed by atoms with Crippen molar-refractivity contribution in [3.63, 3.8) is 0 Å². The van der Waals surface area contributed by atoms with E-state index in [0.29, 0.717) is 25.3 Å². The summed E-state index contributed by atoms with van der Waals surface area (Å²) in [5.74, 6) is -1.88. The van der Waals surface area contributed by atoms with E-state index >= 15 is 0 Å². The number of hydrogen-bond donors (Lipinski definition) is 2. The Labute approximate surface area is 163 Å². The maximum absolute atomic E-state index is 12.5. The van der Waals surface area contributed by atoms with Gasteiger partial charge in [0, 0.05) is 19.5 Å². The van der Waals surface area contributed by atoms with E-state index in [9.17, 15) is 19.5 Å². The summed E-state index contributed by atoms with van der Waals surface area (Å²) in [6, 6.07) is 11.2. The Bertz CT molecular complexity index is 846. The number of nitrogens with zero attached hydrogens (tertiary/aromatic N) is 1. The number of benzene rings is 1. The molecule has 2 N–H and O–H groups in total. The van der Waals surface area contributed by atoms with Gasteiger partial charge in [0.1, 0.15) is 5.76 Å². The van der Waals surface area contributed by atoms with Crippen molar-refractivity contribution in [2.24, 2.45) is 11.8 Å². The number of amides is 2. The van der Waals surface area contributed by atoms with Crippen LogP contribution in [-0.2, 0) is 27.3 Å². The fourth-order valence-corrected chi connectivity index (χ4v) is 3.43. The Hall–Kier alpha value is -3.09. The van der Waals surface area contributed by atoms with Crippen LogP contribution in [0, 0.1) is 18.8 Å². The molecule has 2 aromatic rings. The van der Waals surface area contributed by atoms with Crippen LogP contribution in [0.1, 0.15) is 23.3 Å². The number of likely N-dealkylation sites (tertiary alicyclic amines) is 1. The van der Waals surface area contributed by atoms with Crippen molar-refractivity contribution in [1.29, 1.82) is 0 Å². The van der Waals surface area contributed by atoms with Crippen molar-refractivity contribution >= 4 is 17.8 Å². The minimum atomic E-state index is -0.955. The standard InChI is InChI=1S/C21H24N2O5/c1-14-4-2-5-15(8-14)9-16(21(26)27)11-22-20(25)17-10-19(24)23(12-17)13-18-6-3-7-28-18/h2-8,16-17H,9-13H2,1H3,(H,22,25)(H,26,27)/t16-,17-/m1/s1. The molecule has 1 aliphatic heterocycles. The first kappa shape index (κ1) is 19.7. The fraction of sp³-hybridized carbons (Fsp3) is 0.381. The Kier molecular flexibility index (Phi) is 6.13. The highest BCUT2D eigenvalue weighted by Gasteiger charge is 2.35. The molecule has 28 heavy (non-hydrogen) atoms. The molecule has 2 amide bonds. The summed E-state index contributed by atoms with van der Waals surface area (Å²) in [7, 11) is 0. The first-order chi connectivity index (χ1) is 13.4. The SMILES string of the molecule is Cc1cccc(C[C@H](CNC(=O)[C@@H]2CC(=O)N(Cc3ccco3)C2)C(=O)O)c1. The van der Waals surface area contributed by atoms with E-state index in [0.717, 1.165) is 11.1 Å². The lowest BCUT2D eigenvalue weighted by Gasteiger charge is -2.17. The first-order valence-corrected chi connectivity index (χ1v) is 9.28. The second-order valence-corrected chi connectivity index (χ2v) is 7.23. The molecule has 0 saturated carbocycles. The molecule has 1 fully saturated rings. The van der Waals surface area contributed by atoms with Crippen molar-refractivity contribution in [2.75, 3.05) is 13.1 Å². The molecule has 0 aliphatic carbocycles. The van der Waals surface area contributed by atoms with Gasteiger partial charge in [-0.3, -0.25) is 14.4 Å². The molecule has 7 nitrogen and oxygen atoms in total. The number of carbonyl (C=O) groups excluding carboxylic acids is 2. The van der Waals surface area contributed by atoms with Gasteiger partial charge in [0.25, 0.3) is 0 Å². The zero-order chi connectivity index (χ0) is 20.1. The highest BCUT2D eigenvalue weighted by Crippen LogP contribution is 2.21. The van der Waals surface area contributed by atoms with Crippen LogP contribution in [0.2, 0.25) is 0 Å². The predicted octanol–water partition coefficient (Wildman–Crippen LogP) is 2.00. The van der Waals surface area contributed by atoms with E-state index in [1.165, 1.54) is 0 Å². The number of carboxylic acid groups (broad SMARTS) is 1. The molecule has 0 bridgehead atoms. The molecule has 2 atom stereocenters. The van der Waals surface area contributed by atoms with Gasteiger partial charge < -0.3 is 19.7 Å². The van der Waals surface area contributed by atoms with E-state index in [1.54, 1.807) is 23.3 Å². The molecule has 1 saturated heterocycles. The number of nitrogens with one attached hydrogen (secondary N) is 1. The molecule has 148 valence electrons. The molecule has 1 aromatic carbocycles. The van der Waals surface area contributed by atoms with Crippen LogP contribution < -0.4 is 5.32 Å². The Balaban J connectivity index is 1.53. The maximum Gasteiger partial charge on any atom is 0.308 e. The fourth-order valence-electron chi connectivity index (χ4n) is 3.43. The number of carbonyl (C=O) groups is 3. The minimum Gasteiger partial charge on any atom is -0.481 e. The summed E-state index contributed by atoms with van der Waals surface area (Å²) >= 11 is 0. The zero-order valence-electron chi connectivity index (χ0n) is 15.8. The van der Waals surface area contributed by atoms with Gasteiger partial charge in [-0.2, -0.15) is 0 Å². The summed E-state index contributed by atoms with van der Waals surface area (Å²) in [6.07, 6.45) is 2.01. The Morgan fingerprint density at radius 2 is 2.14 bits per heavy atom. The quantitative estimate of drug-likeness (QED) is 0.725. The van der Waals surface area contributed by atoms with Gasteiger partial charge >= 0.3 is 5.97 Å². The average Bonchev–Trinajstić information content (AvgIpc) is 3.29. The third-order valence-corrected chi connectivity index (χ3v) is 4.95. The molecule has 3 rings (SSSR count). The Morgan fingerprint density at radius 3 is 2.82 bits per heavy atom. The highest BCUT2D eigenvalue weighted by molar-refractivity contribution is 5.89. The summed E-state index contributed by atoms with van der Waals surface area (Å²) in [4.78, 5) is 37.8. The maximum atomic E-state index is 12.5. The molecule has 7 heteroatoms. The lowest BCUT2D eigenvalue weighted by molar-refractivity contribution is -0.141. The van der Waals surface area contributed by atoms with Gasteiger partial charge in [0.15, 0.2) is 0 Å². The summed E-state index contributed by atoms with van der Waals surface area (Å²) < 4.78 is 5.25. The van der Waals surface area contributed by atoms with Gasteiger partial charge in [-0.1, -0.05) is 29.8 Å². The number of aliphatic carboxylic acids is 1. The molecule has 1 aliphatic rings. The predicted molar refractivity (Wildman–Crippen MR) is 101 cm³/mol. The van der Waals surface area contributed by atoms with Crippen LogP contribution in [-0.4, -0.2) is 40.9 Å². The minimum absolute atomic E-state index is 0.0327. The van der Waals surface area contributed by atoms with Crippen molar-refractivity contribution in [1.82, 2.24) is 10.2 Å². The summed E-state index contributed by atoms with van der Waals surface area (Å²) in [5.41, 5.74) is 1.98. The van der Waals surface area contributed by atoms with Gasteiger partial charge in [-0.05, 0) is 31.0 Å². The molecule has 2 heterocycles. The van der Waals surface area contributed by atoms with Crippen LogP contribution >= 0.6 is 0 Å². The molecular weight excluding hydrogens is 360 g/mol. The zero-order valence-corrected chi connectivity index (χ0v) is 15.8. The summed E-state index contributed by atoms with van der Waals surface area (Å²) in [6.45, 7) is 2.62. The van der Waals surface area contributed by atoms with Gasteiger partial charge in [0.05, 0.1) is 24.6 Å². The largest absolute Gasteiger partial charge is 0.481 e. The lowest BCUT2D eigenvalue weighted by Crippen LogP contribution is -2.38. The van der Waals surface area contributed by atoms with Gasteiger partial charge in [-0.15, -0.1) is 0 Å². The van der Waals surface area contributed by atoms with Crippen LogP contribution in [0.3, 0.4) is 0 Å². The van der Waals surface area contributed by atoms with Gasteiger partial charge in [-0.25, -0.2) is 0 Å². The monoisotopic (exact) mass is 384 g/mol. The number of carboxylic acids is 1. The normalized spacial score (nSPS) is 17.5. The number of furan rings is 1. The molecule has 1 aromatic heterocycles. The third kappa shape index (κ3) is 5.00. The second kappa shape index (κ2) is 8.73. The third-order valence-electron chi connectivity index (χ3n) is 4.95. The number of aryl methyl sites for hydroxylation is 1. The topological polar surface area (TPSA) is 99.9 Å². The van der Waals surface area contributed by atoms with Crippen LogP contribution in [0.25, 0.3) is 0 Å². The summed E-state index contributed by atoms with van der Waals surface area (Å²) in [5, 5.41) is 12.2. The second-order valence-electron chi connectivity index (χ2n) is 7.23. The van der Waals surface area contributed by atoms with E-state index in [1.807, 2.05) is 31.2 Å². The van der Waals surface area contributed by atoms with E-state index in [-0.39, 0.29) is 24.8 Å². The lowest BCUT2D eigenvalue weighted by atomic mass is 9.97. The van der Waals surface area contributed by atoms with Crippen molar-refractivity contribution in [3.8, 4) is 0 Å². The van der Waals surface area contributed by atoms with Crippen molar-refractivity contribution in [2.45, 2.75) is 26.3 Å².